The Morgan fingerprint density at radius 3 is 2.73 bits per heavy atom. The fourth-order valence-corrected chi connectivity index (χ4v) is 2.62. The molecule has 0 saturated carbocycles. The Morgan fingerprint density at radius 2 is 2.14 bits per heavy atom. The van der Waals surface area contributed by atoms with Gasteiger partial charge >= 0.3 is 0 Å². The zero-order chi connectivity index (χ0) is 16.3. The number of hydrogen-bond acceptors (Lipinski definition) is 7. The Bertz CT molecular complexity index is 737. The summed E-state index contributed by atoms with van der Waals surface area (Å²) in [6.45, 7) is 1.43. The molecule has 0 amide bonds. The van der Waals surface area contributed by atoms with Crippen LogP contribution in [0.3, 0.4) is 0 Å². The zero-order valence-electron chi connectivity index (χ0n) is 11.9. The van der Waals surface area contributed by atoms with Gasteiger partial charge < -0.3 is 20.7 Å². The van der Waals surface area contributed by atoms with Crippen molar-refractivity contribution in [2.75, 3.05) is 12.3 Å². The average Bonchev–Trinajstić information content (AvgIpc) is 2.93. The molecular formula is C12H15F2N5O3. The van der Waals surface area contributed by atoms with Gasteiger partial charge in [-0.15, -0.1) is 0 Å². The first-order valence-electron chi connectivity index (χ1n) is 6.52. The minimum absolute atomic E-state index is 0.0560. The number of aliphatic hydroxyl groups is 2. The number of halogens is 2. The fourth-order valence-electron chi connectivity index (χ4n) is 2.62. The Kier molecular flexibility index (Phi) is 3.10. The quantitative estimate of drug-likeness (QED) is 0.713. The second-order valence-electron chi connectivity index (χ2n) is 5.46. The number of imidazole rings is 1. The third kappa shape index (κ3) is 1.87. The van der Waals surface area contributed by atoms with Gasteiger partial charge in [-0.1, -0.05) is 0 Å². The van der Waals surface area contributed by atoms with Crippen molar-refractivity contribution in [3.8, 4) is 0 Å². The van der Waals surface area contributed by atoms with Gasteiger partial charge in [0.2, 0.25) is 5.95 Å². The molecule has 3 rings (SSSR count). The van der Waals surface area contributed by atoms with Crippen molar-refractivity contribution in [1.82, 2.24) is 19.5 Å². The first kappa shape index (κ1) is 15.0. The molecule has 22 heavy (non-hydrogen) atoms. The van der Waals surface area contributed by atoms with Crippen LogP contribution in [0, 0.1) is 6.92 Å². The predicted molar refractivity (Wildman–Crippen MR) is 71.0 cm³/mol. The number of aliphatic hydroxyl groups excluding tert-OH is 2. The highest BCUT2D eigenvalue weighted by Gasteiger charge is 2.64. The molecule has 3 heterocycles. The first-order valence-corrected chi connectivity index (χ1v) is 6.52. The smallest absolute Gasteiger partial charge is 0.263 e. The second kappa shape index (κ2) is 4.54. The van der Waals surface area contributed by atoms with Crippen LogP contribution in [0.4, 0.5) is 14.7 Å². The lowest BCUT2D eigenvalue weighted by Crippen LogP contribution is -2.46. The molecule has 1 fully saturated rings. The largest absolute Gasteiger partial charge is 0.390 e. The van der Waals surface area contributed by atoms with Gasteiger partial charge in [0, 0.05) is 0 Å². The number of nitrogen functional groups attached to an aromatic ring is 1. The van der Waals surface area contributed by atoms with E-state index in [9.17, 15) is 13.9 Å². The van der Waals surface area contributed by atoms with Gasteiger partial charge in [-0.2, -0.15) is 4.98 Å². The summed E-state index contributed by atoms with van der Waals surface area (Å²) < 4.78 is 35.1. The van der Waals surface area contributed by atoms with Gasteiger partial charge in [0.05, 0.1) is 12.0 Å². The molecule has 4 atom stereocenters. The molecule has 120 valence electrons. The lowest BCUT2D eigenvalue weighted by atomic mass is 9.97. The summed E-state index contributed by atoms with van der Waals surface area (Å²) in [5, 5.41) is 18.8. The van der Waals surface area contributed by atoms with Crippen LogP contribution in [0.15, 0.2) is 6.33 Å². The Balaban J connectivity index is 2.16. The molecule has 0 spiro atoms. The average molecular weight is 315 g/mol. The zero-order valence-corrected chi connectivity index (χ0v) is 11.9. The van der Waals surface area contributed by atoms with E-state index in [1.165, 1.54) is 6.33 Å². The van der Waals surface area contributed by atoms with Gasteiger partial charge in [0.25, 0.3) is 5.85 Å². The lowest BCUT2D eigenvalue weighted by Gasteiger charge is -2.24. The van der Waals surface area contributed by atoms with Crippen LogP contribution < -0.4 is 5.73 Å². The number of hydrogen-bond donors (Lipinski definition) is 3. The number of rotatable bonds is 2. The lowest BCUT2D eigenvalue weighted by molar-refractivity contribution is -0.206. The maximum atomic E-state index is 14.8. The molecule has 2 aromatic heterocycles. The molecule has 1 saturated heterocycles. The Hall–Kier alpha value is -1.91. The van der Waals surface area contributed by atoms with Gasteiger partial charge in [-0.05, 0) is 13.8 Å². The summed E-state index contributed by atoms with van der Waals surface area (Å²) in [6.07, 6.45) is -2.55. The first-order chi connectivity index (χ1) is 10.2. The van der Waals surface area contributed by atoms with Crippen molar-refractivity contribution < 1.29 is 23.7 Å². The number of alkyl halides is 2. The molecule has 2 aromatic rings. The summed E-state index contributed by atoms with van der Waals surface area (Å²) in [4.78, 5) is 11.9. The molecule has 10 heteroatoms. The minimum Gasteiger partial charge on any atom is -0.390 e. The van der Waals surface area contributed by atoms with Gasteiger partial charge in [-0.25, -0.2) is 18.7 Å². The van der Waals surface area contributed by atoms with Crippen molar-refractivity contribution in [1.29, 1.82) is 0 Å². The third-order valence-electron chi connectivity index (χ3n) is 3.81. The van der Waals surface area contributed by atoms with E-state index in [2.05, 4.69) is 15.0 Å². The van der Waals surface area contributed by atoms with E-state index >= 15 is 0 Å². The van der Waals surface area contributed by atoms with Crippen LogP contribution in [-0.2, 0) is 4.74 Å². The number of aryl methyl sites for hydroxylation is 1. The van der Waals surface area contributed by atoms with Crippen LogP contribution in [0.1, 0.15) is 18.8 Å². The summed E-state index contributed by atoms with van der Waals surface area (Å²) >= 11 is 0. The molecule has 0 aromatic carbocycles. The Labute approximate surface area is 123 Å². The summed E-state index contributed by atoms with van der Waals surface area (Å²) in [5.74, 6) is -2.97. The van der Waals surface area contributed by atoms with Gasteiger partial charge in [-0.3, -0.25) is 4.57 Å². The predicted octanol–water partition coefficient (Wildman–Crippen LogP) is -0.00708. The van der Waals surface area contributed by atoms with E-state index in [0.717, 1.165) is 11.5 Å². The summed E-state index contributed by atoms with van der Waals surface area (Å²) in [7, 11) is 0. The standard InChI is InChI=1S/C12H15F2N5O3/c1-5-6-7(18-10(15)17-5)19(4-16-6)9-11(2,13)8(21)12(14,3-20)22-9/h4,8-9,20-21H,3H2,1-2H3,(H2,15,17,18)/t8-,9+,11+,12+/m0/s1. The van der Waals surface area contributed by atoms with E-state index in [0.29, 0.717) is 11.2 Å². The van der Waals surface area contributed by atoms with E-state index in [1.54, 1.807) is 6.92 Å². The van der Waals surface area contributed by atoms with Crippen LogP contribution in [-0.4, -0.2) is 54.0 Å². The van der Waals surface area contributed by atoms with Crippen molar-refractivity contribution >= 4 is 17.1 Å². The van der Waals surface area contributed by atoms with Crippen LogP contribution in [0.2, 0.25) is 0 Å². The number of fused-ring (bicyclic) bond motifs is 1. The van der Waals surface area contributed by atoms with E-state index < -0.39 is 30.5 Å². The van der Waals surface area contributed by atoms with Gasteiger partial charge in [0.1, 0.15) is 12.1 Å². The summed E-state index contributed by atoms with van der Waals surface area (Å²) in [6, 6.07) is 0. The normalized spacial score (nSPS) is 35.4. The number of nitrogens with zero attached hydrogens (tertiary/aromatic N) is 4. The molecule has 0 bridgehead atoms. The van der Waals surface area contributed by atoms with Crippen molar-refractivity contribution in [3.05, 3.63) is 12.0 Å². The maximum Gasteiger partial charge on any atom is 0.263 e. The van der Waals surface area contributed by atoms with Crippen molar-refractivity contribution in [3.63, 3.8) is 0 Å². The number of anilines is 1. The molecule has 1 aliphatic heterocycles. The monoisotopic (exact) mass is 315 g/mol. The van der Waals surface area contributed by atoms with Crippen LogP contribution >= 0.6 is 0 Å². The fraction of sp³-hybridized carbons (Fsp3) is 0.583. The number of ether oxygens (including phenoxy) is 1. The highest BCUT2D eigenvalue weighted by atomic mass is 19.2. The second-order valence-corrected chi connectivity index (χ2v) is 5.46. The molecule has 0 unspecified atom stereocenters. The molecule has 0 aliphatic carbocycles. The van der Waals surface area contributed by atoms with Crippen LogP contribution in [0.25, 0.3) is 11.2 Å². The van der Waals surface area contributed by atoms with E-state index in [1.807, 2.05) is 0 Å². The topological polar surface area (TPSA) is 119 Å². The SMILES string of the molecule is Cc1nc(N)nc2c1ncn2[C@@H]1O[C@](F)(CO)[C@@H](O)[C@@]1(C)F. The molecule has 0 radical (unpaired) electrons. The minimum atomic E-state index is -2.92. The molecule has 4 N–H and O–H groups in total. The number of aromatic nitrogens is 4. The maximum absolute atomic E-state index is 14.8. The molecular weight excluding hydrogens is 300 g/mol. The molecule has 1 aliphatic rings. The van der Waals surface area contributed by atoms with Gasteiger partial charge in [0.15, 0.2) is 23.6 Å². The van der Waals surface area contributed by atoms with Crippen molar-refractivity contribution in [2.45, 2.75) is 37.7 Å². The third-order valence-corrected chi connectivity index (χ3v) is 3.81. The number of nitrogens with two attached hydrogens (primary N) is 1. The molecule has 8 nitrogen and oxygen atoms in total. The Morgan fingerprint density at radius 1 is 1.45 bits per heavy atom. The van der Waals surface area contributed by atoms with Crippen molar-refractivity contribution in [2.24, 2.45) is 0 Å². The van der Waals surface area contributed by atoms with Crippen LogP contribution in [0.5, 0.6) is 0 Å². The van der Waals surface area contributed by atoms with E-state index in [4.69, 9.17) is 15.6 Å². The highest BCUT2D eigenvalue weighted by Crippen LogP contribution is 2.48. The summed E-state index contributed by atoms with van der Waals surface area (Å²) in [5.41, 5.74) is 4.01. The highest BCUT2D eigenvalue weighted by molar-refractivity contribution is 5.74. The van der Waals surface area contributed by atoms with E-state index in [-0.39, 0.29) is 11.6 Å².